The summed E-state index contributed by atoms with van der Waals surface area (Å²) in [6.45, 7) is 3.36. The van der Waals surface area contributed by atoms with E-state index in [1.54, 1.807) is 13.8 Å². The number of rotatable bonds is 3. The molecule has 0 unspecified atom stereocenters. The lowest BCUT2D eigenvalue weighted by atomic mass is 10.1. The Morgan fingerprint density at radius 1 is 1.50 bits per heavy atom. The lowest BCUT2D eigenvalue weighted by molar-refractivity contribution is -0.388. The van der Waals surface area contributed by atoms with Gasteiger partial charge in [-0.3, -0.25) is 10.1 Å². The van der Waals surface area contributed by atoms with Crippen LogP contribution in [-0.2, 0) is 16.1 Å². The summed E-state index contributed by atoms with van der Waals surface area (Å²) >= 11 is 0. The highest BCUT2D eigenvalue weighted by Crippen LogP contribution is 2.33. The normalized spacial score (nSPS) is 12.1. The Bertz CT molecular complexity index is 534. The Morgan fingerprint density at radius 3 is 2.31 bits per heavy atom. The molecule has 1 aromatic rings. The van der Waals surface area contributed by atoms with Crippen molar-refractivity contribution in [2.45, 2.75) is 24.8 Å². The minimum absolute atomic E-state index is 0.103. The Morgan fingerprint density at radius 2 is 2.00 bits per heavy atom. The van der Waals surface area contributed by atoms with Crippen molar-refractivity contribution in [3.05, 3.63) is 15.8 Å². The molecule has 0 N–H and O–H groups in total. The average molecular weight is 268 g/mol. The molecule has 0 amide bonds. The fourth-order valence-electron chi connectivity index (χ4n) is 1.35. The molecule has 9 heteroatoms. The van der Waals surface area contributed by atoms with Gasteiger partial charge in [0.05, 0.1) is 4.92 Å². The van der Waals surface area contributed by atoms with Gasteiger partial charge in [0.25, 0.3) is 9.05 Å². The number of hydrogen-bond donors (Lipinski definition) is 0. The number of hydrogen-bond acceptors (Lipinski definition) is 5. The Labute approximate surface area is 96.6 Å². The first-order valence-corrected chi connectivity index (χ1v) is 6.63. The summed E-state index contributed by atoms with van der Waals surface area (Å²) < 4.78 is 23.3. The van der Waals surface area contributed by atoms with E-state index in [4.69, 9.17) is 10.7 Å². The van der Waals surface area contributed by atoms with Gasteiger partial charge >= 0.3 is 5.69 Å². The molecular formula is C7H10ClN3O4S. The lowest BCUT2D eigenvalue weighted by Crippen LogP contribution is -2.04. The quantitative estimate of drug-likeness (QED) is 0.468. The van der Waals surface area contributed by atoms with E-state index in [1.165, 1.54) is 7.05 Å². The van der Waals surface area contributed by atoms with Gasteiger partial charge in [-0.05, 0) is 0 Å². The summed E-state index contributed by atoms with van der Waals surface area (Å²) in [4.78, 5) is 10.1. The van der Waals surface area contributed by atoms with E-state index in [1.807, 2.05) is 0 Å². The molecule has 7 nitrogen and oxygen atoms in total. The second-order valence-electron chi connectivity index (χ2n) is 3.51. The molecule has 0 spiro atoms. The smallest absolute Gasteiger partial charge is 0.258 e. The van der Waals surface area contributed by atoms with Crippen LogP contribution >= 0.6 is 10.7 Å². The van der Waals surface area contributed by atoms with Crippen LogP contribution in [0.25, 0.3) is 0 Å². The van der Waals surface area contributed by atoms with Gasteiger partial charge in [0.1, 0.15) is 5.69 Å². The van der Waals surface area contributed by atoms with Crippen LogP contribution < -0.4 is 0 Å². The van der Waals surface area contributed by atoms with Gasteiger partial charge in [-0.15, -0.1) is 0 Å². The summed E-state index contributed by atoms with van der Waals surface area (Å²) in [5.41, 5.74) is -0.445. The van der Waals surface area contributed by atoms with Crippen LogP contribution in [0.4, 0.5) is 5.69 Å². The SMILES string of the molecule is CC(C)c1nn(C)c(S(=O)(=O)Cl)c1[N+](=O)[O-]. The highest BCUT2D eigenvalue weighted by Gasteiger charge is 2.35. The Kier molecular flexibility index (Phi) is 3.25. The zero-order valence-corrected chi connectivity index (χ0v) is 10.4. The van der Waals surface area contributed by atoms with E-state index in [-0.39, 0.29) is 11.6 Å². The van der Waals surface area contributed by atoms with Gasteiger partial charge in [-0.1, -0.05) is 13.8 Å². The second-order valence-corrected chi connectivity index (χ2v) is 5.99. The van der Waals surface area contributed by atoms with Crippen LogP contribution in [0.15, 0.2) is 5.03 Å². The molecule has 0 aliphatic rings. The molecular weight excluding hydrogens is 258 g/mol. The molecule has 1 aromatic heterocycles. The number of aryl methyl sites for hydroxylation is 1. The molecule has 90 valence electrons. The van der Waals surface area contributed by atoms with Gasteiger partial charge in [0.15, 0.2) is 0 Å². The van der Waals surface area contributed by atoms with E-state index >= 15 is 0 Å². The van der Waals surface area contributed by atoms with Crippen LogP contribution in [0.3, 0.4) is 0 Å². The third-order valence-corrected chi connectivity index (χ3v) is 3.32. The van der Waals surface area contributed by atoms with Crippen molar-refractivity contribution >= 4 is 25.4 Å². The molecule has 0 saturated carbocycles. The first-order valence-electron chi connectivity index (χ1n) is 4.32. The fourth-order valence-corrected chi connectivity index (χ4v) is 2.64. The van der Waals surface area contributed by atoms with Crippen LogP contribution in [0.5, 0.6) is 0 Å². The van der Waals surface area contributed by atoms with E-state index in [2.05, 4.69) is 5.10 Å². The van der Waals surface area contributed by atoms with Gasteiger partial charge in [0, 0.05) is 23.6 Å². The first kappa shape index (κ1) is 12.9. The molecule has 0 saturated heterocycles. The monoisotopic (exact) mass is 267 g/mol. The molecule has 0 aliphatic carbocycles. The van der Waals surface area contributed by atoms with Gasteiger partial charge in [-0.2, -0.15) is 5.10 Å². The van der Waals surface area contributed by atoms with Crippen molar-refractivity contribution in [1.29, 1.82) is 0 Å². The summed E-state index contributed by atoms with van der Waals surface area (Å²) in [7, 11) is 2.25. The van der Waals surface area contributed by atoms with Crippen molar-refractivity contribution in [1.82, 2.24) is 9.78 Å². The topological polar surface area (TPSA) is 95.1 Å². The molecule has 0 radical (unpaired) electrons. The second kappa shape index (κ2) is 4.02. The van der Waals surface area contributed by atoms with Crippen LogP contribution in [0.1, 0.15) is 25.5 Å². The third-order valence-electron chi connectivity index (χ3n) is 1.96. The molecule has 0 aromatic carbocycles. The average Bonchev–Trinajstić information content (AvgIpc) is 2.41. The molecule has 0 atom stereocenters. The maximum absolute atomic E-state index is 11.2. The zero-order chi connectivity index (χ0) is 12.7. The van der Waals surface area contributed by atoms with Crippen molar-refractivity contribution < 1.29 is 13.3 Å². The third kappa shape index (κ3) is 2.17. The maximum Gasteiger partial charge on any atom is 0.330 e. The standard InChI is InChI=1S/C7H10ClN3O4S/c1-4(2)5-6(11(12)13)7(10(3)9-5)16(8,14)15/h4H,1-3H3. The zero-order valence-electron chi connectivity index (χ0n) is 8.84. The highest BCUT2D eigenvalue weighted by atomic mass is 35.7. The predicted octanol–water partition coefficient (Wildman–Crippen LogP) is 1.38. The Hall–Kier alpha value is -1.15. The fraction of sp³-hybridized carbons (Fsp3) is 0.571. The summed E-state index contributed by atoms with van der Waals surface area (Å²) in [6.07, 6.45) is 0. The summed E-state index contributed by atoms with van der Waals surface area (Å²) in [5, 5.41) is 14.1. The first-order chi connectivity index (χ1) is 7.16. The van der Waals surface area contributed by atoms with Crippen molar-refractivity contribution in [3.8, 4) is 0 Å². The molecule has 1 heterocycles. The maximum atomic E-state index is 11.2. The summed E-state index contributed by atoms with van der Waals surface area (Å²) in [5.74, 6) is -0.265. The number of nitrogens with zero attached hydrogens (tertiary/aromatic N) is 3. The Balaban J connectivity index is 3.68. The molecule has 0 fully saturated rings. The van der Waals surface area contributed by atoms with Crippen molar-refractivity contribution in [2.75, 3.05) is 0 Å². The van der Waals surface area contributed by atoms with E-state index in [9.17, 15) is 18.5 Å². The van der Waals surface area contributed by atoms with Gasteiger partial charge in [0.2, 0.25) is 5.03 Å². The van der Waals surface area contributed by atoms with Gasteiger partial charge in [-0.25, -0.2) is 13.1 Å². The minimum Gasteiger partial charge on any atom is -0.258 e. The van der Waals surface area contributed by atoms with Crippen molar-refractivity contribution in [2.24, 2.45) is 7.05 Å². The van der Waals surface area contributed by atoms with Crippen LogP contribution in [0, 0.1) is 10.1 Å². The molecule has 1 rings (SSSR count). The number of aromatic nitrogens is 2. The van der Waals surface area contributed by atoms with E-state index < -0.39 is 24.7 Å². The predicted molar refractivity (Wildman–Crippen MR) is 57.0 cm³/mol. The van der Waals surface area contributed by atoms with Gasteiger partial charge < -0.3 is 0 Å². The number of halogens is 1. The minimum atomic E-state index is -4.19. The van der Waals surface area contributed by atoms with E-state index in [0.717, 1.165) is 4.68 Å². The molecule has 16 heavy (non-hydrogen) atoms. The van der Waals surface area contributed by atoms with E-state index in [0.29, 0.717) is 0 Å². The van der Waals surface area contributed by atoms with Crippen molar-refractivity contribution in [3.63, 3.8) is 0 Å². The number of nitro groups is 1. The highest BCUT2D eigenvalue weighted by molar-refractivity contribution is 8.13. The largest absolute Gasteiger partial charge is 0.330 e. The molecule has 0 aliphatic heterocycles. The van der Waals surface area contributed by atoms with Crippen LogP contribution in [0.2, 0.25) is 0 Å². The molecule has 0 bridgehead atoms. The lowest BCUT2D eigenvalue weighted by Gasteiger charge is -1.98. The summed E-state index contributed by atoms with van der Waals surface area (Å²) in [6, 6.07) is 0. The van der Waals surface area contributed by atoms with Crippen LogP contribution in [-0.4, -0.2) is 23.1 Å².